The van der Waals surface area contributed by atoms with Gasteiger partial charge in [0.1, 0.15) is 11.3 Å². The lowest BCUT2D eigenvalue weighted by atomic mass is 9.99. The molecule has 3 nitrogen and oxygen atoms in total. The molecule has 0 bridgehead atoms. The molecule has 0 aliphatic carbocycles. The molecule has 0 radical (unpaired) electrons. The first-order chi connectivity index (χ1) is 14.7. The van der Waals surface area contributed by atoms with E-state index < -0.39 is 0 Å². The van der Waals surface area contributed by atoms with Crippen molar-refractivity contribution in [2.24, 2.45) is 0 Å². The number of fused-ring (bicyclic) bond motifs is 1. The summed E-state index contributed by atoms with van der Waals surface area (Å²) in [4.78, 5) is 14.9. The fraction of sp³-hybridized carbons (Fsp3) is 0.667. The zero-order valence-electron chi connectivity index (χ0n) is 19.7. The standard InChI is InChI=1S/C27H43NO2/c1-4-7-8-9-10-11-12-13-14-15-16-17-21-24-23-20-18-19-22-25(23)30-27(29)26(24)28(5-2)6-3/h18-20,22H,4-17,21H2,1-3H3. The van der Waals surface area contributed by atoms with Gasteiger partial charge in [0.25, 0.3) is 0 Å². The Balaban J connectivity index is 1.83. The van der Waals surface area contributed by atoms with Crippen LogP contribution in [0.25, 0.3) is 11.0 Å². The average molecular weight is 414 g/mol. The maximum atomic E-state index is 12.7. The van der Waals surface area contributed by atoms with Gasteiger partial charge < -0.3 is 9.32 Å². The van der Waals surface area contributed by atoms with E-state index in [4.69, 9.17) is 4.42 Å². The largest absolute Gasteiger partial charge is 0.421 e. The molecule has 2 aromatic rings. The summed E-state index contributed by atoms with van der Waals surface area (Å²) in [7, 11) is 0. The third-order valence-electron chi connectivity index (χ3n) is 6.25. The minimum Gasteiger partial charge on any atom is -0.421 e. The Bertz CT molecular complexity index is 776. The van der Waals surface area contributed by atoms with E-state index in [9.17, 15) is 4.79 Å². The summed E-state index contributed by atoms with van der Waals surface area (Å²) in [6.07, 6.45) is 17.1. The molecule has 0 N–H and O–H groups in total. The molecule has 0 spiro atoms. The van der Waals surface area contributed by atoms with Crippen molar-refractivity contribution in [2.75, 3.05) is 18.0 Å². The number of hydrogen-bond donors (Lipinski definition) is 0. The topological polar surface area (TPSA) is 33.5 Å². The summed E-state index contributed by atoms with van der Waals surface area (Å²) in [5.41, 5.74) is 2.48. The Morgan fingerprint density at radius 2 is 1.27 bits per heavy atom. The monoisotopic (exact) mass is 413 g/mol. The van der Waals surface area contributed by atoms with Gasteiger partial charge in [-0.15, -0.1) is 0 Å². The van der Waals surface area contributed by atoms with E-state index >= 15 is 0 Å². The fourth-order valence-corrected chi connectivity index (χ4v) is 4.46. The van der Waals surface area contributed by atoms with Crippen molar-refractivity contribution in [1.82, 2.24) is 0 Å². The van der Waals surface area contributed by atoms with Gasteiger partial charge in [0.15, 0.2) is 0 Å². The van der Waals surface area contributed by atoms with Crippen LogP contribution in [0.3, 0.4) is 0 Å². The van der Waals surface area contributed by atoms with Gasteiger partial charge in [0, 0.05) is 18.5 Å². The second-order valence-electron chi connectivity index (χ2n) is 8.52. The minimum absolute atomic E-state index is 0.189. The van der Waals surface area contributed by atoms with Crippen LogP contribution in [0.15, 0.2) is 33.5 Å². The Morgan fingerprint density at radius 1 is 0.733 bits per heavy atom. The molecule has 1 aromatic carbocycles. The quantitative estimate of drug-likeness (QED) is 0.207. The van der Waals surface area contributed by atoms with Crippen LogP contribution in [-0.2, 0) is 6.42 Å². The first-order valence-electron chi connectivity index (χ1n) is 12.5. The lowest BCUT2D eigenvalue weighted by Gasteiger charge is -2.23. The van der Waals surface area contributed by atoms with Gasteiger partial charge in [-0.2, -0.15) is 0 Å². The molecule has 0 saturated carbocycles. The lowest BCUT2D eigenvalue weighted by molar-refractivity contribution is 0.541. The highest BCUT2D eigenvalue weighted by atomic mass is 16.4. The van der Waals surface area contributed by atoms with Crippen molar-refractivity contribution >= 4 is 16.7 Å². The molecule has 0 unspecified atom stereocenters. The highest BCUT2D eigenvalue weighted by Crippen LogP contribution is 2.27. The summed E-state index contributed by atoms with van der Waals surface area (Å²) >= 11 is 0. The van der Waals surface area contributed by atoms with Crippen LogP contribution in [0, 0.1) is 0 Å². The van der Waals surface area contributed by atoms with Crippen molar-refractivity contribution in [3.8, 4) is 0 Å². The second-order valence-corrected chi connectivity index (χ2v) is 8.52. The Morgan fingerprint density at radius 3 is 1.83 bits per heavy atom. The fourth-order valence-electron chi connectivity index (χ4n) is 4.46. The van der Waals surface area contributed by atoms with E-state index in [1.54, 1.807) is 0 Å². The molecule has 1 aromatic heterocycles. The molecule has 0 aliphatic rings. The molecule has 0 atom stereocenters. The molecular formula is C27H43NO2. The van der Waals surface area contributed by atoms with E-state index in [1.165, 1.54) is 76.2 Å². The Kier molecular flexibility index (Phi) is 11.7. The summed E-state index contributed by atoms with van der Waals surface area (Å²) < 4.78 is 5.63. The summed E-state index contributed by atoms with van der Waals surface area (Å²) in [5, 5.41) is 1.10. The molecule has 30 heavy (non-hydrogen) atoms. The third kappa shape index (κ3) is 7.49. The van der Waals surface area contributed by atoms with Crippen molar-refractivity contribution < 1.29 is 4.42 Å². The number of nitrogens with zero attached hydrogens (tertiary/aromatic N) is 1. The first-order valence-corrected chi connectivity index (χ1v) is 12.5. The molecular weight excluding hydrogens is 370 g/mol. The number of para-hydroxylation sites is 1. The molecule has 0 saturated heterocycles. The average Bonchev–Trinajstić information content (AvgIpc) is 2.76. The van der Waals surface area contributed by atoms with Crippen molar-refractivity contribution in [3.63, 3.8) is 0 Å². The van der Waals surface area contributed by atoms with Crippen LogP contribution >= 0.6 is 0 Å². The summed E-state index contributed by atoms with van der Waals surface area (Å²) in [6.45, 7) is 8.13. The van der Waals surface area contributed by atoms with Crippen molar-refractivity contribution in [2.45, 2.75) is 104 Å². The van der Waals surface area contributed by atoms with Crippen LogP contribution in [0.5, 0.6) is 0 Å². The maximum Gasteiger partial charge on any atom is 0.360 e. The van der Waals surface area contributed by atoms with Gasteiger partial charge in [-0.1, -0.05) is 95.8 Å². The zero-order chi connectivity index (χ0) is 21.6. The smallest absolute Gasteiger partial charge is 0.360 e. The maximum absolute atomic E-state index is 12.7. The number of rotatable bonds is 16. The summed E-state index contributed by atoms with van der Waals surface area (Å²) in [5.74, 6) is 0. The number of benzene rings is 1. The van der Waals surface area contributed by atoms with Crippen molar-refractivity contribution in [1.29, 1.82) is 0 Å². The second kappa shape index (κ2) is 14.3. The molecule has 0 fully saturated rings. The highest BCUT2D eigenvalue weighted by molar-refractivity contribution is 5.85. The van der Waals surface area contributed by atoms with Gasteiger partial charge in [-0.3, -0.25) is 0 Å². The van der Waals surface area contributed by atoms with Crippen molar-refractivity contribution in [3.05, 3.63) is 40.2 Å². The van der Waals surface area contributed by atoms with Gasteiger partial charge in [-0.05, 0) is 38.3 Å². The molecule has 2 rings (SSSR count). The van der Waals surface area contributed by atoms with Crippen LogP contribution < -0.4 is 10.5 Å². The van der Waals surface area contributed by atoms with E-state index in [0.29, 0.717) is 5.58 Å². The number of aryl methyl sites for hydroxylation is 1. The predicted molar refractivity (Wildman–Crippen MR) is 131 cm³/mol. The third-order valence-corrected chi connectivity index (χ3v) is 6.25. The van der Waals surface area contributed by atoms with Gasteiger partial charge >= 0.3 is 5.63 Å². The molecule has 0 aliphatic heterocycles. The SMILES string of the molecule is CCCCCCCCCCCCCCc1c(N(CC)CC)c(=O)oc2ccccc12. The number of anilines is 1. The van der Waals surface area contributed by atoms with Gasteiger partial charge in [-0.25, -0.2) is 4.79 Å². The highest BCUT2D eigenvalue weighted by Gasteiger charge is 2.18. The van der Waals surface area contributed by atoms with E-state index in [0.717, 1.165) is 37.0 Å². The van der Waals surface area contributed by atoms with Crippen LogP contribution in [0.4, 0.5) is 5.69 Å². The van der Waals surface area contributed by atoms with Gasteiger partial charge in [0.2, 0.25) is 0 Å². The van der Waals surface area contributed by atoms with E-state index in [1.807, 2.05) is 18.2 Å². The number of unbranched alkanes of at least 4 members (excludes halogenated alkanes) is 11. The molecule has 0 amide bonds. The van der Waals surface area contributed by atoms with E-state index in [-0.39, 0.29) is 5.63 Å². The lowest BCUT2D eigenvalue weighted by Crippen LogP contribution is -2.29. The Labute approximate surface area is 183 Å². The predicted octanol–water partition coefficient (Wildman–Crippen LogP) is 7.88. The Hall–Kier alpha value is -1.77. The summed E-state index contributed by atoms with van der Waals surface area (Å²) in [6, 6.07) is 7.99. The molecule has 3 heteroatoms. The normalized spacial score (nSPS) is 11.3. The van der Waals surface area contributed by atoms with E-state index in [2.05, 4.69) is 31.7 Å². The number of hydrogen-bond acceptors (Lipinski definition) is 3. The zero-order valence-corrected chi connectivity index (χ0v) is 19.7. The van der Waals surface area contributed by atoms with Crippen LogP contribution in [0.2, 0.25) is 0 Å². The first kappa shape index (κ1) is 24.5. The molecule has 168 valence electrons. The van der Waals surface area contributed by atoms with Crippen LogP contribution in [-0.4, -0.2) is 13.1 Å². The van der Waals surface area contributed by atoms with Crippen LogP contribution in [0.1, 0.15) is 103 Å². The minimum atomic E-state index is -0.189. The molecule has 1 heterocycles. The van der Waals surface area contributed by atoms with Gasteiger partial charge in [0.05, 0.1) is 0 Å².